The number of fused-ring (bicyclic) bond motifs is 1. The third-order valence-corrected chi connectivity index (χ3v) is 7.21. The number of rotatable bonds is 5. The van der Waals surface area contributed by atoms with E-state index in [1.165, 1.54) is 23.1 Å². The summed E-state index contributed by atoms with van der Waals surface area (Å²) in [7, 11) is 0. The zero-order chi connectivity index (χ0) is 30.2. The van der Waals surface area contributed by atoms with E-state index in [-0.39, 0.29) is 29.7 Å². The van der Waals surface area contributed by atoms with Crippen LogP contribution in [0, 0.1) is 19.7 Å². The minimum Gasteiger partial charge on any atom is -0.335 e. The third-order valence-electron chi connectivity index (χ3n) is 7.21. The van der Waals surface area contributed by atoms with Crippen molar-refractivity contribution in [3.05, 3.63) is 92.9 Å². The largest absolute Gasteiger partial charge is 0.495 e. The maximum Gasteiger partial charge on any atom is 0.495 e. The number of anilines is 1. The lowest BCUT2D eigenvalue weighted by Crippen LogP contribution is -2.52. The van der Waals surface area contributed by atoms with Crippen LogP contribution in [0.5, 0.6) is 0 Å². The summed E-state index contributed by atoms with van der Waals surface area (Å²) in [4.78, 5) is 48.6. The number of nitrogens with zero attached hydrogens (tertiary/aromatic N) is 5. The number of alkyl halides is 3. The number of piperazine rings is 1. The number of para-hydroxylation sites is 1. The molecule has 0 bridgehead atoms. The Balaban J connectivity index is 1.31. The average molecular weight is 586 g/mol. The van der Waals surface area contributed by atoms with E-state index in [2.05, 4.69) is 20.0 Å². The first kappa shape index (κ1) is 28.6. The number of carbonyl (C=O) groups is 2. The lowest BCUT2D eigenvalue weighted by molar-refractivity contribution is -0.852. The number of halogens is 4. The molecule has 218 valence electrons. The maximum absolute atomic E-state index is 14.8. The molecule has 0 radical (unpaired) electrons. The Morgan fingerprint density at radius 2 is 1.76 bits per heavy atom. The molecule has 0 saturated carbocycles. The summed E-state index contributed by atoms with van der Waals surface area (Å²) in [5, 5.41) is 6.98. The lowest BCUT2D eigenvalue weighted by Gasteiger charge is -2.34. The second kappa shape index (κ2) is 11.2. The Hall–Kier alpha value is -4.88. The second-order valence-electron chi connectivity index (χ2n) is 9.81. The SMILES string of the molecule is Cc1c(Cc2ccc(F)c(C(=O)N3CCN(c4nc[n+](OC(=O)C(F)(F)F)c5ccccc45)CC3)c2)n[nH]c(=O)c1C. The summed E-state index contributed by atoms with van der Waals surface area (Å²) in [6, 6.07) is 10.7. The number of nitrogens with one attached hydrogen (secondary N) is 1. The van der Waals surface area contributed by atoms with Gasteiger partial charge in [0.2, 0.25) is 0 Å². The molecule has 2 aromatic carbocycles. The molecule has 0 spiro atoms. The van der Waals surface area contributed by atoms with Crippen molar-refractivity contribution in [1.29, 1.82) is 0 Å². The predicted molar refractivity (Wildman–Crippen MR) is 141 cm³/mol. The highest BCUT2D eigenvalue weighted by Gasteiger charge is 2.44. The molecule has 10 nitrogen and oxygen atoms in total. The molecule has 0 atom stereocenters. The summed E-state index contributed by atoms with van der Waals surface area (Å²) >= 11 is 0. The van der Waals surface area contributed by atoms with Crippen LogP contribution in [-0.2, 0) is 11.2 Å². The Morgan fingerprint density at radius 1 is 1.05 bits per heavy atom. The van der Waals surface area contributed by atoms with Gasteiger partial charge in [-0.2, -0.15) is 18.3 Å². The smallest absolute Gasteiger partial charge is 0.335 e. The van der Waals surface area contributed by atoms with Gasteiger partial charge in [-0.25, -0.2) is 19.1 Å². The number of hydrogen-bond acceptors (Lipinski definition) is 7. The highest BCUT2D eigenvalue weighted by atomic mass is 19.4. The lowest BCUT2D eigenvalue weighted by atomic mass is 10.0. The Kier molecular flexibility index (Phi) is 7.63. The van der Waals surface area contributed by atoms with E-state index in [1.807, 2.05) is 4.90 Å². The van der Waals surface area contributed by atoms with E-state index < -0.39 is 23.9 Å². The van der Waals surface area contributed by atoms with Crippen LogP contribution in [0.2, 0.25) is 0 Å². The molecular weight excluding hydrogens is 560 g/mol. The van der Waals surface area contributed by atoms with Crippen LogP contribution in [0.15, 0.2) is 53.6 Å². The minimum absolute atomic E-state index is 0.0874. The van der Waals surface area contributed by atoms with Crippen molar-refractivity contribution in [1.82, 2.24) is 20.1 Å². The molecule has 0 aliphatic carbocycles. The Labute approximate surface area is 236 Å². The van der Waals surface area contributed by atoms with Crippen molar-refractivity contribution >= 4 is 28.6 Å². The molecule has 1 saturated heterocycles. The molecule has 1 aliphatic heterocycles. The van der Waals surface area contributed by atoms with Crippen LogP contribution in [0.25, 0.3) is 10.9 Å². The number of benzene rings is 2. The van der Waals surface area contributed by atoms with E-state index >= 15 is 0 Å². The number of hydrogen-bond donors (Lipinski definition) is 1. The molecule has 3 heterocycles. The summed E-state index contributed by atoms with van der Waals surface area (Å²) < 4.78 is 53.6. The molecule has 1 aliphatic rings. The molecule has 2 aromatic heterocycles. The van der Waals surface area contributed by atoms with E-state index in [0.29, 0.717) is 52.3 Å². The standard InChI is InChI=1S/C28H24F4N6O4/c1-16-17(2)25(39)35-34-22(16)14-18-7-8-21(29)20(13-18)26(40)37-11-9-36(10-12-37)24-19-5-3-4-6-23(19)38(15-33-24)42-27(41)28(30,31)32/h3-8,13,15H,9-12,14H2,1-2H3/p+1. The minimum atomic E-state index is -5.18. The molecule has 1 N–H and O–H groups in total. The van der Waals surface area contributed by atoms with Gasteiger partial charge in [0.05, 0.1) is 16.6 Å². The van der Waals surface area contributed by atoms with Gasteiger partial charge in [0, 0.05) is 38.2 Å². The zero-order valence-electron chi connectivity index (χ0n) is 22.5. The fourth-order valence-electron chi connectivity index (χ4n) is 4.74. The number of carbonyl (C=O) groups excluding carboxylic acids is 2. The first-order valence-corrected chi connectivity index (χ1v) is 12.9. The highest BCUT2D eigenvalue weighted by molar-refractivity contribution is 5.95. The van der Waals surface area contributed by atoms with Gasteiger partial charge in [-0.15, -0.1) is 0 Å². The molecule has 0 unspecified atom stereocenters. The van der Waals surface area contributed by atoms with Gasteiger partial charge >= 0.3 is 18.5 Å². The average Bonchev–Trinajstić information content (AvgIpc) is 2.98. The van der Waals surface area contributed by atoms with Crippen molar-refractivity contribution in [2.45, 2.75) is 26.4 Å². The quantitative estimate of drug-likeness (QED) is 0.283. The van der Waals surface area contributed by atoms with Gasteiger partial charge in [-0.05, 0) is 59.0 Å². The van der Waals surface area contributed by atoms with Crippen LogP contribution < -0.4 is 20.0 Å². The van der Waals surface area contributed by atoms with Gasteiger partial charge in [0.25, 0.3) is 17.3 Å². The van der Waals surface area contributed by atoms with E-state index in [0.717, 1.165) is 11.9 Å². The van der Waals surface area contributed by atoms with Gasteiger partial charge in [0.15, 0.2) is 5.52 Å². The van der Waals surface area contributed by atoms with E-state index in [1.54, 1.807) is 38.1 Å². The Morgan fingerprint density at radius 3 is 2.48 bits per heavy atom. The number of aromatic nitrogens is 4. The van der Waals surface area contributed by atoms with Crippen LogP contribution in [0.1, 0.15) is 32.7 Å². The topological polar surface area (TPSA) is 112 Å². The van der Waals surface area contributed by atoms with Crippen LogP contribution in [-0.4, -0.2) is 64.3 Å². The number of aromatic amines is 1. The van der Waals surface area contributed by atoms with E-state index in [4.69, 9.17) is 0 Å². The third kappa shape index (κ3) is 5.64. The normalized spacial score (nSPS) is 13.9. The zero-order valence-corrected chi connectivity index (χ0v) is 22.5. The summed E-state index contributed by atoms with van der Waals surface area (Å²) in [6.45, 7) is 4.56. The summed E-state index contributed by atoms with van der Waals surface area (Å²) in [5.41, 5.74) is 2.35. The Bertz CT molecular complexity index is 1750. The van der Waals surface area contributed by atoms with Crippen molar-refractivity contribution in [3.63, 3.8) is 0 Å². The van der Waals surface area contributed by atoms with Gasteiger partial charge < -0.3 is 9.80 Å². The van der Waals surface area contributed by atoms with Crippen molar-refractivity contribution < 1.29 is 36.7 Å². The predicted octanol–water partition coefficient (Wildman–Crippen LogP) is 2.43. The van der Waals surface area contributed by atoms with Gasteiger partial charge in [-0.1, -0.05) is 18.2 Å². The first-order valence-electron chi connectivity index (χ1n) is 12.9. The summed E-state index contributed by atoms with van der Waals surface area (Å²) in [5.74, 6) is -3.10. The van der Waals surface area contributed by atoms with Gasteiger partial charge in [0.1, 0.15) is 5.82 Å². The molecule has 42 heavy (non-hydrogen) atoms. The highest BCUT2D eigenvalue weighted by Crippen LogP contribution is 2.24. The number of H-pyrrole nitrogens is 1. The maximum atomic E-state index is 14.8. The van der Waals surface area contributed by atoms with Crippen LogP contribution in [0.3, 0.4) is 0 Å². The molecule has 5 rings (SSSR count). The van der Waals surface area contributed by atoms with Crippen LogP contribution in [0.4, 0.5) is 23.4 Å². The van der Waals surface area contributed by atoms with E-state index in [9.17, 15) is 31.9 Å². The van der Waals surface area contributed by atoms with Crippen molar-refractivity contribution in [3.8, 4) is 0 Å². The molecule has 1 amide bonds. The van der Waals surface area contributed by atoms with Crippen LogP contribution >= 0.6 is 0 Å². The molecule has 14 heteroatoms. The molecule has 4 aromatic rings. The fraction of sp³-hybridized carbons (Fsp3) is 0.286. The molecular formula is C28H25F4N6O4+. The monoisotopic (exact) mass is 585 g/mol. The second-order valence-corrected chi connectivity index (χ2v) is 9.81. The van der Waals surface area contributed by atoms with Crippen molar-refractivity contribution in [2.75, 3.05) is 31.1 Å². The number of amides is 1. The molecule has 1 fully saturated rings. The fourth-order valence-corrected chi connectivity index (χ4v) is 4.74. The first-order chi connectivity index (χ1) is 19.9. The van der Waals surface area contributed by atoms with Crippen molar-refractivity contribution in [2.24, 2.45) is 0 Å². The van der Waals surface area contributed by atoms with Gasteiger partial charge in [-0.3, -0.25) is 9.59 Å². The summed E-state index contributed by atoms with van der Waals surface area (Å²) in [6.07, 6.45) is -3.89.